The molecule has 20 heavy (non-hydrogen) atoms. The smallest absolute Gasteiger partial charge is 0.244 e. The molecule has 1 heterocycles. The van der Waals surface area contributed by atoms with Crippen LogP contribution in [0, 0.1) is 6.92 Å². The Bertz CT molecular complexity index is 729. The Morgan fingerprint density at radius 1 is 1.35 bits per heavy atom. The second-order valence-corrected chi connectivity index (χ2v) is 9.04. The molecule has 0 spiro atoms. The Morgan fingerprint density at radius 2 is 2.05 bits per heavy atom. The molecule has 2 aromatic rings. The molecule has 0 atom stereocenters. The minimum Gasteiger partial charge on any atom is -0.245 e. The highest BCUT2D eigenvalue weighted by Gasteiger charge is 2.24. The highest BCUT2D eigenvalue weighted by Crippen LogP contribution is 2.28. The molecular weight excluding hydrogens is 428 g/mol. The van der Waals surface area contributed by atoms with E-state index in [1.54, 1.807) is 25.2 Å². The van der Waals surface area contributed by atoms with Crippen molar-refractivity contribution in [3.63, 3.8) is 0 Å². The summed E-state index contributed by atoms with van der Waals surface area (Å²) in [4.78, 5) is 4.53. The molecule has 1 aromatic carbocycles. The fraction of sp³-hybridized carbons (Fsp3) is 0.250. The van der Waals surface area contributed by atoms with Gasteiger partial charge in [-0.2, -0.15) is 4.31 Å². The van der Waals surface area contributed by atoms with E-state index in [0.29, 0.717) is 4.47 Å². The van der Waals surface area contributed by atoms with Crippen molar-refractivity contribution >= 4 is 53.2 Å². The lowest BCUT2D eigenvalue weighted by Crippen LogP contribution is -2.27. The molecule has 0 aliphatic heterocycles. The summed E-state index contributed by atoms with van der Waals surface area (Å²) in [6.45, 7) is 2.16. The first-order valence-electron chi connectivity index (χ1n) is 5.63. The van der Waals surface area contributed by atoms with E-state index in [4.69, 9.17) is 0 Å². The molecule has 0 unspecified atom stereocenters. The Balaban J connectivity index is 2.29. The van der Waals surface area contributed by atoms with Crippen LogP contribution in [0.2, 0.25) is 0 Å². The van der Waals surface area contributed by atoms with Gasteiger partial charge in [0.05, 0.1) is 22.1 Å². The molecule has 0 fully saturated rings. The van der Waals surface area contributed by atoms with Crippen LogP contribution in [-0.2, 0) is 16.6 Å². The maximum Gasteiger partial charge on any atom is 0.244 e. The Morgan fingerprint density at radius 3 is 2.60 bits per heavy atom. The van der Waals surface area contributed by atoms with Crippen molar-refractivity contribution in [1.82, 2.24) is 9.29 Å². The lowest BCUT2D eigenvalue weighted by molar-refractivity contribution is 0.462. The summed E-state index contributed by atoms with van der Waals surface area (Å²) < 4.78 is 27.7. The maximum atomic E-state index is 12.5. The van der Waals surface area contributed by atoms with E-state index in [1.807, 2.05) is 12.3 Å². The number of aryl methyl sites for hydroxylation is 1. The topological polar surface area (TPSA) is 50.3 Å². The SMILES string of the molecule is Cc1nc(CN(C)S(=O)(=O)c2ccc(Br)cc2Br)cs1. The maximum absolute atomic E-state index is 12.5. The second-order valence-electron chi connectivity index (χ2n) is 4.19. The van der Waals surface area contributed by atoms with Gasteiger partial charge in [-0.3, -0.25) is 0 Å². The average molecular weight is 440 g/mol. The van der Waals surface area contributed by atoms with E-state index in [-0.39, 0.29) is 11.4 Å². The van der Waals surface area contributed by atoms with Gasteiger partial charge in [-0.05, 0) is 41.1 Å². The first-order valence-corrected chi connectivity index (χ1v) is 9.53. The minimum absolute atomic E-state index is 0.246. The van der Waals surface area contributed by atoms with Crippen LogP contribution < -0.4 is 0 Å². The number of thiazole rings is 1. The van der Waals surface area contributed by atoms with Gasteiger partial charge >= 0.3 is 0 Å². The predicted octanol–water partition coefficient (Wildman–Crippen LogP) is 3.80. The lowest BCUT2D eigenvalue weighted by atomic mass is 10.4. The van der Waals surface area contributed by atoms with E-state index >= 15 is 0 Å². The van der Waals surface area contributed by atoms with Crippen molar-refractivity contribution in [2.45, 2.75) is 18.4 Å². The monoisotopic (exact) mass is 438 g/mol. The van der Waals surface area contributed by atoms with Gasteiger partial charge in [0.2, 0.25) is 10.0 Å². The van der Waals surface area contributed by atoms with Gasteiger partial charge in [0, 0.05) is 21.4 Å². The largest absolute Gasteiger partial charge is 0.245 e. The number of sulfonamides is 1. The second kappa shape index (κ2) is 6.23. The molecule has 0 amide bonds. The van der Waals surface area contributed by atoms with Crippen LogP contribution in [0.15, 0.2) is 37.4 Å². The Hall–Kier alpha value is -0.280. The molecule has 0 aliphatic rings. The fourth-order valence-corrected chi connectivity index (χ4v) is 5.09. The summed E-state index contributed by atoms with van der Waals surface area (Å²) in [7, 11) is -1.99. The number of hydrogen-bond donors (Lipinski definition) is 0. The van der Waals surface area contributed by atoms with E-state index < -0.39 is 10.0 Å². The molecule has 2 rings (SSSR count). The molecule has 8 heteroatoms. The van der Waals surface area contributed by atoms with Crippen LogP contribution in [0.4, 0.5) is 0 Å². The molecule has 4 nitrogen and oxygen atoms in total. The van der Waals surface area contributed by atoms with Gasteiger partial charge < -0.3 is 0 Å². The summed E-state index contributed by atoms with van der Waals surface area (Å²) in [6, 6.07) is 5.00. The third-order valence-corrected chi connectivity index (χ3v) is 6.73. The van der Waals surface area contributed by atoms with Gasteiger partial charge in [0.25, 0.3) is 0 Å². The number of aromatic nitrogens is 1. The number of nitrogens with zero attached hydrogens (tertiary/aromatic N) is 2. The third kappa shape index (κ3) is 3.48. The summed E-state index contributed by atoms with van der Waals surface area (Å²) in [6.07, 6.45) is 0. The van der Waals surface area contributed by atoms with Gasteiger partial charge in [-0.15, -0.1) is 11.3 Å². The van der Waals surface area contributed by atoms with Crippen LogP contribution >= 0.6 is 43.2 Å². The van der Waals surface area contributed by atoms with Crippen molar-refractivity contribution in [3.05, 3.63) is 43.2 Å². The zero-order valence-corrected chi connectivity index (χ0v) is 15.6. The highest BCUT2D eigenvalue weighted by atomic mass is 79.9. The number of halogens is 2. The molecular formula is C12H12Br2N2O2S2. The lowest BCUT2D eigenvalue weighted by Gasteiger charge is -2.17. The molecule has 0 radical (unpaired) electrons. The van der Waals surface area contributed by atoms with Gasteiger partial charge in [-0.25, -0.2) is 13.4 Å². The predicted molar refractivity (Wildman–Crippen MR) is 87.3 cm³/mol. The van der Waals surface area contributed by atoms with E-state index in [1.165, 1.54) is 15.6 Å². The summed E-state index contributed by atoms with van der Waals surface area (Å²) in [5.74, 6) is 0. The molecule has 0 saturated heterocycles. The van der Waals surface area contributed by atoms with Crippen molar-refractivity contribution in [3.8, 4) is 0 Å². The first-order chi connectivity index (χ1) is 9.30. The molecule has 0 saturated carbocycles. The fourth-order valence-electron chi connectivity index (χ4n) is 1.65. The minimum atomic E-state index is -3.55. The van der Waals surface area contributed by atoms with Gasteiger partial charge in [0.1, 0.15) is 0 Å². The van der Waals surface area contributed by atoms with Crippen LogP contribution in [0.25, 0.3) is 0 Å². The van der Waals surface area contributed by atoms with Gasteiger partial charge in [-0.1, -0.05) is 15.9 Å². The van der Waals surface area contributed by atoms with Crippen molar-refractivity contribution in [1.29, 1.82) is 0 Å². The highest BCUT2D eigenvalue weighted by molar-refractivity contribution is 9.11. The Kier molecular flexibility index (Phi) is 5.01. The summed E-state index contributed by atoms with van der Waals surface area (Å²) >= 11 is 8.11. The van der Waals surface area contributed by atoms with Crippen molar-refractivity contribution in [2.75, 3.05) is 7.05 Å². The standard InChI is InChI=1S/C12H12Br2N2O2S2/c1-8-15-10(7-19-8)6-16(2)20(17,18)12-4-3-9(13)5-11(12)14/h3-5,7H,6H2,1-2H3. The molecule has 108 valence electrons. The first kappa shape index (κ1) is 16.1. The van der Waals surface area contributed by atoms with Crippen LogP contribution in [0.5, 0.6) is 0 Å². The number of hydrogen-bond acceptors (Lipinski definition) is 4. The Labute approximate surface area is 139 Å². The average Bonchev–Trinajstić information content (AvgIpc) is 2.74. The number of benzene rings is 1. The van der Waals surface area contributed by atoms with Gasteiger partial charge in [0.15, 0.2) is 0 Å². The van der Waals surface area contributed by atoms with Crippen LogP contribution in [0.3, 0.4) is 0 Å². The van der Waals surface area contributed by atoms with Crippen molar-refractivity contribution < 1.29 is 8.42 Å². The molecule has 0 aliphatic carbocycles. The number of rotatable bonds is 4. The van der Waals surface area contributed by atoms with E-state index in [0.717, 1.165) is 15.2 Å². The van der Waals surface area contributed by atoms with Crippen LogP contribution in [-0.4, -0.2) is 24.8 Å². The van der Waals surface area contributed by atoms with Crippen LogP contribution in [0.1, 0.15) is 10.7 Å². The van der Waals surface area contributed by atoms with E-state index in [9.17, 15) is 8.42 Å². The molecule has 0 bridgehead atoms. The summed E-state index contributed by atoms with van der Waals surface area (Å²) in [5, 5.41) is 2.80. The summed E-state index contributed by atoms with van der Waals surface area (Å²) in [5.41, 5.74) is 0.756. The van der Waals surface area contributed by atoms with E-state index in [2.05, 4.69) is 36.8 Å². The zero-order valence-electron chi connectivity index (χ0n) is 10.8. The van der Waals surface area contributed by atoms with Crippen molar-refractivity contribution in [2.24, 2.45) is 0 Å². The normalized spacial score (nSPS) is 12.1. The molecule has 0 N–H and O–H groups in total. The molecule has 1 aromatic heterocycles. The third-order valence-electron chi connectivity index (χ3n) is 2.63. The quantitative estimate of drug-likeness (QED) is 0.727. The zero-order chi connectivity index (χ0) is 14.9.